The number of hydrogen-bond acceptors (Lipinski definition) is 2. The van der Waals surface area contributed by atoms with Crippen LogP contribution in [0, 0.1) is 10.8 Å². The molecule has 2 unspecified atom stereocenters. The Morgan fingerprint density at radius 3 is 1.36 bits per heavy atom. The monoisotopic (exact) mass is 308 g/mol. The molecule has 0 aromatic rings. The van der Waals surface area contributed by atoms with Crippen LogP contribution in [0.1, 0.15) is 80.1 Å². The van der Waals surface area contributed by atoms with Gasteiger partial charge in [-0.25, -0.2) is 0 Å². The number of hydrogen-bond donors (Lipinski definition) is 0. The van der Waals surface area contributed by atoms with Crippen LogP contribution in [0.3, 0.4) is 0 Å². The second-order valence-corrected chi connectivity index (χ2v) is 10.1. The first-order chi connectivity index (χ1) is 10.2. The minimum atomic E-state index is 0.467. The van der Waals surface area contributed by atoms with Gasteiger partial charge in [0.25, 0.3) is 0 Å². The maximum Gasteiger partial charge on any atom is 0.0252 e. The highest BCUT2D eigenvalue weighted by molar-refractivity contribution is 4.94. The minimum Gasteiger partial charge on any atom is -0.299 e. The van der Waals surface area contributed by atoms with E-state index in [0.717, 1.165) is 12.1 Å². The molecule has 0 aromatic carbocycles. The molecule has 130 valence electrons. The van der Waals surface area contributed by atoms with Gasteiger partial charge in [0.1, 0.15) is 0 Å². The van der Waals surface area contributed by atoms with Crippen LogP contribution in [-0.2, 0) is 0 Å². The van der Waals surface area contributed by atoms with Crippen molar-refractivity contribution in [3.05, 3.63) is 0 Å². The van der Waals surface area contributed by atoms with Crippen molar-refractivity contribution in [1.82, 2.24) is 9.80 Å². The topological polar surface area (TPSA) is 6.48 Å². The minimum absolute atomic E-state index is 0.467. The lowest BCUT2D eigenvalue weighted by Gasteiger charge is -2.37. The van der Waals surface area contributed by atoms with Crippen molar-refractivity contribution >= 4 is 0 Å². The van der Waals surface area contributed by atoms with Crippen LogP contribution in [0.4, 0.5) is 0 Å². The summed E-state index contributed by atoms with van der Waals surface area (Å²) in [6, 6.07) is 1.68. The van der Waals surface area contributed by atoms with Crippen molar-refractivity contribution in [3.63, 3.8) is 0 Å². The Hall–Kier alpha value is -0.0800. The molecule has 0 saturated carbocycles. The molecule has 0 N–H and O–H groups in total. The van der Waals surface area contributed by atoms with Crippen molar-refractivity contribution in [1.29, 1.82) is 0 Å². The highest BCUT2D eigenvalue weighted by atomic mass is 15.3. The van der Waals surface area contributed by atoms with E-state index >= 15 is 0 Å². The highest BCUT2D eigenvalue weighted by Gasteiger charge is 2.37. The third-order valence-electron chi connectivity index (χ3n) is 5.57. The van der Waals surface area contributed by atoms with Crippen molar-refractivity contribution < 1.29 is 0 Å². The van der Waals surface area contributed by atoms with Crippen molar-refractivity contribution in [2.24, 2.45) is 10.8 Å². The van der Waals surface area contributed by atoms with Gasteiger partial charge in [-0.1, -0.05) is 41.5 Å². The summed E-state index contributed by atoms with van der Waals surface area (Å²) in [6.45, 7) is 19.6. The SMILES string of the molecule is CC(C)(C)CCN1CCCC1C1CCCN1CCC(C)(C)C. The van der Waals surface area contributed by atoms with Gasteiger partial charge < -0.3 is 0 Å². The molecule has 2 heterocycles. The van der Waals surface area contributed by atoms with E-state index in [1.165, 1.54) is 64.7 Å². The summed E-state index contributed by atoms with van der Waals surface area (Å²) in [4.78, 5) is 5.65. The molecule has 0 bridgehead atoms. The number of likely N-dealkylation sites (tertiary alicyclic amines) is 2. The van der Waals surface area contributed by atoms with E-state index in [2.05, 4.69) is 51.3 Å². The van der Waals surface area contributed by atoms with Crippen LogP contribution in [0.2, 0.25) is 0 Å². The lowest BCUT2D eigenvalue weighted by molar-refractivity contribution is 0.114. The molecule has 2 aliphatic heterocycles. The molecule has 2 heteroatoms. The van der Waals surface area contributed by atoms with E-state index in [-0.39, 0.29) is 0 Å². The summed E-state index contributed by atoms with van der Waals surface area (Å²) in [5, 5.41) is 0. The smallest absolute Gasteiger partial charge is 0.0252 e. The van der Waals surface area contributed by atoms with Gasteiger partial charge in [-0.05, 0) is 75.5 Å². The van der Waals surface area contributed by atoms with Crippen LogP contribution < -0.4 is 0 Å². The molecule has 2 atom stereocenters. The van der Waals surface area contributed by atoms with Gasteiger partial charge >= 0.3 is 0 Å². The molecule has 2 nitrogen and oxygen atoms in total. The number of rotatable bonds is 5. The zero-order chi connectivity index (χ0) is 16.4. The van der Waals surface area contributed by atoms with Gasteiger partial charge in [0, 0.05) is 12.1 Å². The summed E-state index contributed by atoms with van der Waals surface area (Å²) in [5.74, 6) is 0. The fourth-order valence-electron chi connectivity index (χ4n) is 4.09. The van der Waals surface area contributed by atoms with Crippen molar-refractivity contribution in [2.45, 2.75) is 92.2 Å². The Morgan fingerprint density at radius 2 is 1.05 bits per heavy atom. The van der Waals surface area contributed by atoms with E-state index in [4.69, 9.17) is 0 Å². The average molecular weight is 309 g/mol. The molecule has 2 rings (SSSR count). The first-order valence-electron chi connectivity index (χ1n) is 9.64. The van der Waals surface area contributed by atoms with Crippen LogP contribution in [0.5, 0.6) is 0 Å². The molecule has 2 aliphatic rings. The zero-order valence-corrected chi connectivity index (χ0v) is 16.1. The molecular formula is C20H40N2. The summed E-state index contributed by atoms with van der Waals surface area (Å²) in [6.07, 6.45) is 8.36. The second kappa shape index (κ2) is 7.21. The van der Waals surface area contributed by atoms with Crippen molar-refractivity contribution in [2.75, 3.05) is 26.2 Å². The Labute approximate surface area is 139 Å². The Balaban J connectivity index is 1.90. The first kappa shape index (κ1) is 18.3. The predicted octanol–water partition coefficient (Wildman–Crippen LogP) is 4.79. The quantitative estimate of drug-likeness (QED) is 0.720. The molecular weight excluding hydrogens is 268 g/mol. The molecule has 22 heavy (non-hydrogen) atoms. The zero-order valence-electron chi connectivity index (χ0n) is 16.1. The summed E-state index contributed by atoms with van der Waals surface area (Å²) < 4.78 is 0. The fourth-order valence-corrected chi connectivity index (χ4v) is 4.09. The predicted molar refractivity (Wildman–Crippen MR) is 97.3 cm³/mol. The van der Waals surface area contributed by atoms with E-state index in [0.29, 0.717) is 10.8 Å². The molecule has 0 spiro atoms. The van der Waals surface area contributed by atoms with Crippen LogP contribution in [0.25, 0.3) is 0 Å². The molecule has 0 amide bonds. The van der Waals surface area contributed by atoms with Crippen LogP contribution in [0.15, 0.2) is 0 Å². The Kier molecular flexibility index (Phi) is 5.99. The van der Waals surface area contributed by atoms with Gasteiger partial charge in [-0.3, -0.25) is 9.80 Å². The molecule has 0 aromatic heterocycles. The number of nitrogens with zero attached hydrogens (tertiary/aromatic N) is 2. The molecule has 2 fully saturated rings. The summed E-state index contributed by atoms with van der Waals surface area (Å²) in [5.41, 5.74) is 0.934. The van der Waals surface area contributed by atoms with E-state index in [1.54, 1.807) is 0 Å². The summed E-state index contributed by atoms with van der Waals surface area (Å²) in [7, 11) is 0. The lowest BCUT2D eigenvalue weighted by Crippen LogP contribution is -2.47. The molecule has 0 radical (unpaired) electrons. The van der Waals surface area contributed by atoms with E-state index in [1.807, 2.05) is 0 Å². The van der Waals surface area contributed by atoms with Gasteiger partial charge in [0.15, 0.2) is 0 Å². The lowest BCUT2D eigenvalue weighted by atomic mass is 9.91. The Bertz CT molecular complexity index is 303. The second-order valence-electron chi connectivity index (χ2n) is 10.1. The first-order valence-corrected chi connectivity index (χ1v) is 9.64. The van der Waals surface area contributed by atoms with Crippen LogP contribution >= 0.6 is 0 Å². The van der Waals surface area contributed by atoms with Crippen molar-refractivity contribution in [3.8, 4) is 0 Å². The average Bonchev–Trinajstić information content (AvgIpc) is 3.00. The van der Waals surface area contributed by atoms with Gasteiger partial charge in [0.05, 0.1) is 0 Å². The standard InChI is InChI=1S/C20H40N2/c1-19(2,3)11-15-21-13-7-9-17(21)18-10-8-14-22(18)16-12-20(4,5)6/h17-18H,7-16H2,1-6H3. The highest BCUT2D eigenvalue weighted by Crippen LogP contribution is 2.32. The maximum atomic E-state index is 2.82. The maximum absolute atomic E-state index is 2.82. The van der Waals surface area contributed by atoms with E-state index in [9.17, 15) is 0 Å². The van der Waals surface area contributed by atoms with Gasteiger partial charge in [-0.15, -0.1) is 0 Å². The third-order valence-corrected chi connectivity index (χ3v) is 5.57. The van der Waals surface area contributed by atoms with Crippen LogP contribution in [-0.4, -0.2) is 48.1 Å². The van der Waals surface area contributed by atoms with Gasteiger partial charge in [0.2, 0.25) is 0 Å². The normalized spacial score (nSPS) is 28.6. The Morgan fingerprint density at radius 1 is 0.682 bits per heavy atom. The van der Waals surface area contributed by atoms with E-state index < -0.39 is 0 Å². The summed E-state index contributed by atoms with van der Waals surface area (Å²) >= 11 is 0. The van der Waals surface area contributed by atoms with Gasteiger partial charge in [-0.2, -0.15) is 0 Å². The fraction of sp³-hybridized carbons (Fsp3) is 1.00. The molecule has 0 aliphatic carbocycles. The third kappa shape index (κ3) is 5.53. The largest absolute Gasteiger partial charge is 0.299 e. The molecule has 2 saturated heterocycles.